The lowest BCUT2D eigenvalue weighted by Gasteiger charge is -2.13. The molecule has 2 aromatic rings. The molecular weight excluding hydrogens is 400 g/mol. The molecule has 0 bridgehead atoms. The van der Waals surface area contributed by atoms with Crippen molar-refractivity contribution in [2.45, 2.75) is 26.9 Å². The number of nitrogens with zero attached hydrogens (tertiary/aromatic N) is 1. The van der Waals surface area contributed by atoms with Crippen molar-refractivity contribution in [2.75, 3.05) is 0 Å². The molecule has 0 heterocycles. The highest BCUT2D eigenvalue weighted by atomic mass is 35.5. The molecule has 1 unspecified atom stereocenters. The third-order valence-corrected chi connectivity index (χ3v) is 3.59. The van der Waals surface area contributed by atoms with Crippen LogP contribution in [-0.2, 0) is 14.4 Å². The van der Waals surface area contributed by atoms with Gasteiger partial charge in [0, 0.05) is 30.5 Å². The van der Waals surface area contributed by atoms with Crippen LogP contribution in [0.1, 0.15) is 26.3 Å². The Labute approximate surface area is 172 Å². The predicted octanol–water partition coefficient (Wildman–Crippen LogP) is 3.11. The van der Waals surface area contributed by atoms with Gasteiger partial charge < -0.3 is 14.2 Å². The van der Waals surface area contributed by atoms with E-state index in [4.69, 9.17) is 25.8 Å². The van der Waals surface area contributed by atoms with Gasteiger partial charge in [0.25, 0.3) is 5.91 Å². The standard InChI is InChI=1S/C20H19ClN2O6/c1-12(27-17-6-4-5-16(21)9-17)20(26)23-22-11-15-7-8-18(28-13(2)24)10-19(15)29-14(3)25/h4-12H,1-3H3,(H,23,26)/b22-11+. The van der Waals surface area contributed by atoms with E-state index in [9.17, 15) is 14.4 Å². The van der Waals surface area contributed by atoms with Crippen LogP contribution < -0.4 is 19.6 Å². The molecule has 0 aromatic heterocycles. The van der Waals surface area contributed by atoms with Crippen molar-refractivity contribution in [3.63, 3.8) is 0 Å². The van der Waals surface area contributed by atoms with Gasteiger partial charge in [-0.05, 0) is 37.3 Å². The Morgan fingerprint density at radius 3 is 2.41 bits per heavy atom. The fourth-order valence-corrected chi connectivity index (χ4v) is 2.33. The molecule has 152 valence electrons. The van der Waals surface area contributed by atoms with E-state index in [1.165, 1.54) is 38.3 Å². The number of hydrazone groups is 1. The number of hydrogen-bond acceptors (Lipinski definition) is 7. The number of hydrogen-bond donors (Lipinski definition) is 1. The molecule has 0 aliphatic carbocycles. The summed E-state index contributed by atoms with van der Waals surface area (Å²) in [5, 5.41) is 4.34. The highest BCUT2D eigenvalue weighted by Crippen LogP contribution is 2.24. The Balaban J connectivity index is 2.04. The van der Waals surface area contributed by atoms with Gasteiger partial charge in [-0.1, -0.05) is 17.7 Å². The number of esters is 2. The number of ether oxygens (including phenoxy) is 3. The Morgan fingerprint density at radius 2 is 1.76 bits per heavy atom. The van der Waals surface area contributed by atoms with E-state index in [0.29, 0.717) is 16.3 Å². The number of benzene rings is 2. The summed E-state index contributed by atoms with van der Waals surface area (Å²) in [5.74, 6) is -0.793. The average Bonchev–Trinajstić information content (AvgIpc) is 2.62. The lowest BCUT2D eigenvalue weighted by Crippen LogP contribution is -2.33. The van der Waals surface area contributed by atoms with Crippen LogP contribution >= 0.6 is 11.6 Å². The van der Waals surface area contributed by atoms with Crippen LogP contribution in [0.2, 0.25) is 5.02 Å². The van der Waals surface area contributed by atoms with Crippen LogP contribution in [-0.4, -0.2) is 30.2 Å². The lowest BCUT2D eigenvalue weighted by molar-refractivity contribution is -0.132. The Morgan fingerprint density at radius 1 is 1.03 bits per heavy atom. The summed E-state index contributed by atoms with van der Waals surface area (Å²) < 4.78 is 15.6. The summed E-state index contributed by atoms with van der Waals surface area (Å²) in [6.45, 7) is 4.04. The minimum absolute atomic E-state index is 0.123. The van der Waals surface area contributed by atoms with Crippen LogP contribution in [0.5, 0.6) is 17.2 Å². The molecule has 1 atom stereocenters. The highest BCUT2D eigenvalue weighted by molar-refractivity contribution is 6.30. The van der Waals surface area contributed by atoms with Gasteiger partial charge in [0.05, 0.1) is 6.21 Å². The van der Waals surface area contributed by atoms with Gasteiger partial charge in [0.2, 0.25) is 0 Å². The maximum absolute atomic E-state index is 12.1. The van der Waals surface area contributed by atoms with Crippen molar-refractivity contribution in [1.82, 2.24) is 5.43 Å². The number of rotatable bonds is 7. The first-order valence-corrected chi connectivity index (χ1v) is 8.88. The summed E-state index contributed by atoms with van der Waals surface area (Å²) in [6.07, 6.45) is 0.463. The van der Waals surface area contributed by atoms with Crippen LogP contribution in [0.25, 0.3) is 0 Å². The molecule has 0 spiro atoms. The van der Waals surface area contributed by atoms with Crippen LogP contribution in [0.3, 0.4) is 0 Å². The molecule has 1 amide bonds. The number of halogens is 1. The van der Waals surface area contributed by atoms with E-state index in [0.717, 1.165) is 0 Å². The summed E-state index contributed by atoms with van der Waals surface area (Å²) in [5.41, 5.74) is 2.73. The average molecular weight is 419 g/mol. The molecular formula is C20H19ClN2O6. The van der Waals surface area contributed by atoms with Crippen molar-refractivity contribution < 1.29 is 28.6 Å². The first kappa shape index (κ1) is 21.9. The quantitative estimate of drug-likeness (QED) is 0.321. The third kappa shape index (κ3) is 7.27. The van der Waals surface area contributed by atoms with Gasteiger partial charge in [-0.3, -0.25) is 14.4 Å². The Bertz CT molecular complexity index is 944. The first-order valence-electron chi connectivity index (χ1n) is 8.50. The highest BCUT2D eigenvalue weighted by Gasteiger charge is 2.14. The summed E-state index contributed by atoms with van der Waals surface area (Å²) in [4.78, 5) is 34.5. The second-order valence-corrected chi connectivity index (χ2v) is 6.28. The second-order valence-electron chi connectivity index (χ2n) is 5.84. The van der Waals surface area contributed by atoms with Crippen molar-refractivity contribution >= 4 is 35.7 Å². The smallest absolute Gasteiger partial charge is 0.308 e. The van der Waals surface area contributed by atoms with E-state index in [2.05, 4.69) is 10.5 Å². The van der Waals surface area contributed by atoms with Gasteiger partial charge in [-0.2, -0.15) is 5.10 Å². The van der Waals surface area contributed by atoms with E-state index in [1.54, 1.807) is 31.2 Å². The maximum atomic E-state index is 12.1. The summed E-state index contributed by atoms with van der Waals surface area (Å²) in [7, 11) is 0. The topological polar surface area (TPSA) is 103 Å². The van der Waals surface area contributed by atoms with Gasteiger partial charge in [-0.15, -0.1) is 0 Å². The molecule has 2 rings (SSSR count). The third-order valence-electron chi connectivity index (χ3n) is 3.36. The molecule has 29 heavy (non-hydrogen) atoms. The van der Waals surface area contributed by atoms with Crippen molar-refractivity contribution in [3.05, 3.63) is 53.1 Å². The summed E-state index contributed by atoms with van der Waals surface area (Å²) >= 11 is 5.88. The first-order chi connectivity index (χ1) is 13.7. The predicted molar refractivity (Wildman–Crippen MR) is 106 cm³/mol. The van der Waals surface area contributed by atoms with E-state index in [-0.39, 0.29) is 11.5 Å². The van der Waals surface area contributed by atoms with Crippen molar-refractivity contribution in [3.8, 4) is 17.2 Å². The number of amides is 1. The zero-order valence-corrected chi connectivity index (χ0v) is 16.7. The normalized spacial score (nSPS) is 11.6. The fourth-order valence-electron chi connectivity index (χ4n) is 2.15. The van der Waals surface area contributed by atoms with Gasteiger partial charge >= 0.3 is 11.9 Å². The van der Waals surface area contributed by atoms with Crippen molar-refractivity contribution in [2.24, 2.45) is 5.10 Å². The SMILES string of the molecule is CC(=O)Oc1ccc(/C=N/NC(=O)C(C)Oc2cccc(Cl)c2)c(OC(C)=O)c1. The zero-order chi connectivity index (χ0) is 21.4. The monoisotopic (exact) mass is 418 g/mol. The number of nitrogens with one attached hydrogen (secondary N) is 1. The molecule has 0 aliphatic rings. The lowest BCUT2D eigenvalue weighted by atomic mass is 10.2. The molecule has 2 aromatic carbocycles. The van der Waals surface area contributed by atoms with Gasteiger partial charge in [-0.25, -0.2) is 5.43 Å². The molecule has 0 radical (unpaired) electrons. The van der Waals surface area contributed by atoms with Crippen LogP contribution in [0, 0.1) is 0 Å². The fraction of sp³-hybridized carbons (Fsp3) is 0.200. The molecule has 0 saturated carbocycles. The minimum Gasteiger partial charge on any atom is -0.481 e. The van der Waals surface area contributed by atoms with E-state index < -0.39 is 23.9 Å². The molecule has 0 aliphatic heterocycles. The molecule has 0 fully saturated rings. The largest absolute Gasteiger partial charge is 0.481 e. The summed E-state index contributed by atoms with van der Waals surface area (Å²) in [6, 6.07) is 11.1. The van der Waals surface area contributed by atoms with Crippen LogP contribution in [0.4, 0.5) is 0 Å². The molecule has 0 saturated heterocycles. The molecule has 9 heteroatoms. The van der Waals surface area contributed by atoms with Gasteiger partial charge in [0.1, 0.15) is 17.2 Å². The molecule has 1 N–H and O–H groups in total. The number of carbonyl (C=O) groups excluding carboxylic acids is 3. The Hall–Kier alpha value is -3.39. The van der Waals surface area contributed by atoms with Gasteiger partial charge in [0.15, 0.2) is 6.10 Å². The zero-order valence-electron chi connectivity index (χ0n) is 16.0. The number of carbonyl (C=O) groups is 3. The minimum atomic E-state index is -0.829. The van der Waals surface area contributed by atoms with E-state index in [1.807, 2.05) is 0 Å². The maximum Gasteiger partial charge on any atom is 0.308 e. The Kier molecular flexibility index (Phi) is 7.73. The molecule has 8 nitrogen and oxygen atoms in total. The van der Waals surface area contributed by atoms with Crippen molar-refractivity contribution in [1.29, 1.82) is 0 Å². The second kappa shape index (κ2) is 10.2. The van der Waals surface area contributed by atoms with Crippen LogP contribution in [0.15, 0.2) is 47.6 Å². The van der Waals surface area contributed by atoms with E-state index >= 15 is 0 Å².